The molecule has 134 valence electrons. The SMILES string of the molecule is CCOC(=O)C[C@H](NC(=O)CN)c1cc(C(C)(C)C)cc(Br)c1O. The molecule has 0 unspecified atom stereocenters. The van der Waals surface area contributed by atoms with Gasteiger partial charge in [0.15, 0.2) is 0 Å². The molecule has 0 radical (unpaired) electrons. The number of ether oxygens (including phenoxy) is 1. The number of nitrogens with one attached hydrogen (secondary N) is 1. The minimum atomic E-state index is -0.723. The normalized spacial score (nSPS) is 12.6. The van der Waals surface area contributed by atoms with E-state index in [1.807, 2.05) is 26.8 Å². The smallest absolute Gasteiger partial charge is 0.308 e. The molecular formula is C17H25BrN2O4. The summed E-state index contributed by atoms with van der Waals surface area (Å²) in [7, 11) is 0. The number of nitrogens with two attached hydrogens (primary N) is 1. The number of aromatic hydroxyl groups is 1. The molecule has 0 fully saturated rings. The monoisotopic (exact) mass is 400 g/mol. The lowest BCUT2D eigenvalue weighted by Crippen LogP contribution is -2.35. The number of benzene rings is 1. The number of carbonyl (C=O) groups excluding carboxylic acids is 2. The highest BCUT2D eigenvalue weighted by atomic mass is 79.9. The third-order valence-corrected chi connectivity index (χ3v) is 4.14. The zero-order valence-corrected chi connectivity index (χ0v) is 16.1. The van der Waals surface area contributed by atoms with Crippen LogP contribution in [0.15, 0.2) is 16.6 Å². The van der Waals surface area contributed by atoms with Gasteiger partial charge in [-0.15, -0.1) is 0 Å². The van der Waals surface area contributed by atoms with Crippen LogP contribution in [0.3, 0.4) is 0 Å². The molecule has 0 saturated heterocycles. The molecule has 24 heavy (non-hydrogen) atoms. The van der Waals surface area contributed by atoms with E-state index in [9.17, 15) is 14.7 Å². The Hall–Kier alpha value is -1.60. The number of carbonyl (C=O) groups is 2. The van der Waals surface area contributed by atoms with Crippen molar-refractivity contribution in [1.82, 2.24) is 5.32 Å². The molecule has 0 heterocycles. The van der Waals surface area contributed by atoms with Crippen LogP contribution in [-0.2, 0) is 19.7 Å². The summed E-state index contributed by atoms with van der Waals surface area (Å²) in [6, 6.07) is 2.89. The van der Waals surface area contributed by atoms with Gasteiger partial charge in [0.1, 0.15) is 5.75 Å². The van der Waals surface area contributed by atoms with Gasteiger partial charge in [-0.05, 0) is 46.0 Å². The predicted octanol–water partition coefficient (Wildman–Crippen LogP) is 2.52. The van der Waals surface area contributed by atoms with Gasteiger partial charge in [-0.2, -0.15) is 0 Å². The molecule has 4 N–H and O–H groups in total. The Morgan fingerprint density at radius 2 is 2.00 bits per heavy atom. The molecule has 0 aromatic heterocycles. The number of phenolic OH excluding ortho intramolecular Hbond substituents is 1. The summed E-state index contributed by atoms with van der Waals surface area (Å²) < 4.78 is 5.46. The van der Waals surface area contributed by atoms with E-state index in [1.54, 1.807) is 13.0 Å². The van der Waals surface area contributed by atoms with Gasteiger partial charge < -0.3 is 20.9 Å². The maximum absolute atomic E-state index is 11.9. The van der Waals surface area contributed by atoms with Crippen LogP contribution in [0.5, 0.6) is 5.75 Å². The first-order chi connectivity index (χ1) is 11.1. The highest BCUT2D eigenvalue weighted by Crippen LogP contribution is 2.38. The number of hydrogen-bond acceptors (Lipinski definition) is 5. The second kappa shape index (κ2) is 8.48. The molecular weight excluding hydrogens is 376 g/mol. The Bertz CT molecular complexity index is 611. The lowest BCUT2D eigenvalue weighted by Gasteiger charge is -2.25. The molecule has 1 atom stereocenters. The van der Waals surface area contributed by atoms with Gasteiger partial charge in [-0.3, -0.25) is 9.59 Å². The largest absolute Gasteiger partial charge is 0.506 e. The van der Waals surface area contributed by atoms with Crippen molar-refractivity contribution in [2.24, 2.45) is 5.73 Å². The van der Waals surface area contributed by atoms with E-state index in [1.165, 1.54) is 0 Å². The second-order valence-electron chi connectivity index (χ2n) is 6.48. The number of hydrogen-bond donors (Lipinski definition) is 3. The Morgan fingerprint density at radius 1 is 1.38 bits per heavy atom. The van der Waals surface area contributed by atoms with Crippen molar-refractivity contribution >= 4 is 27.8 Å². The van der Waals surface area contributed by atoms with E-state index in [2.05, 4.69) is 21.2 Å². The van der Waals surface area contributed by atoms with Crippen LogP contribution in [-0.4, -0.2) is 30.1 Å². The summed E-state index contributed by atoms with van der Waals surface area (Å²) in [5.74, 6) is -0.896. The van der Waals surface area contributed by atoms with E-state index in [0.29, 0.717) is 10.0 Å². The molecule has 1 aromatic carbocycles. The highest BCUT2D eigenvalue weighted by molar-refractivity contribution is 9.10. The van der Waals surface area contributed by atoms with Crippen LogP contribution in [0.2, 0.25) is 0 Å². The average Bonchev–Trinajstić information content (AvgIpc) is 2.48. The maximum Gasteiger partial charge on any atom is 0.308 e. The summed E-state index contributed by atoms with van der Waals surface area (Å²) in [5.41, 5.74) is 6.59. The third-order valence-electron chi connectivity index (χ3n) is 3.53. The maximum atomic E-state index is 11.9. The van der Waals surface area contributed by atoms with E-state index >= 15 is 0 Å². The fraction of sp³-hybridized carbons (Fsp3) is 0.529. The van der Waals surface area contributed by atoms with Gasteiger partial charge in [0.25, 0.3) is 0 Å². The Morgan fingerprint density at radius 3 is 2.50 bits per heavy atom. The quantitative estimate of drug-likeness (QED) is 0.636. The topological polar surface area (TPSA) is 102 Å². The lowest BCUT2D eigenvalue weighted by atomic mass is 9.85. The first-order valence-electron chi connectivity index (χ1n) is 7.78. The van der Waals surface area contributed by atoms with Gasteiger partial charge in [-0.25, -0.2) is 0 Å². The van der Waals surface area contributed by atoms with Crippen molar-refractivity contribution in [2.45, 2.75) is 45.6 Å². The molecule has 6 nitrogen and oxygen atoms in total. The fourth-order valence-corrected chi connectivity index (χ4v) is 2.67. The molecule has 1 amide bonds. The third kappa shape index (κ3) is 5.49. The van der Waals surface area contributed by atoms with Crippen LogP contribution in [0.25, 0.3) is 0 Å². The minimum absolute atomic E-state index is 0.0189. The number of halogens is 1. The molecule has 1 rings (SSSR count). The van der Waals surface area contributed by atoms with Gasteiger partial charge in [0.2, 0.25) is 5.91 Å². The van der Waals surface area contributed by atoms with Gasteiger partial charge in [-0.1, -0.05) is 20.8 Å². The number of esters is 1. The average molecular weight is 401 g/mol. The van der Waals surface area contributed by atoms with Crippen LogP contribution >= 0.6 is 15.9 Å². The van der Waals surface area contributed by atoms with Crippen LogP contribution in [0.4, 0.5) is 0 Å². The lowest BCUT2D eigenvalue weighted by molar-refractivity contribution is -0.143. The predicted molar refractivity (Wildman–Crippen MR) is 95.7 cm³/mol. The summed E-state index contributed by atoms with van der Waals surface area (Å²) in [5, 5.41) is 13.1. The zero-order valence-electron chi connectivity index (χ0n) is 14.5. The first kappa shape index (κ1) is 20.4. The molecule has 0 saturated carbocycles. The second-order valence-corrected chi connectivity index (χ2v) is 7.33. The minimum Gasteiger partial charge on any atom is -0.506 e. The zero-order chi connectivity index (χ0) is 18.5. The van der Waals surface area contributed by atoms with Crippen LogP contribution < -0.4 is 11.1 Å². The van der Waals surface area contributed by atoms with Crippen molar-refractivity contribution in [2.75, 3.05) is 13.2 Å². The number of rotatable bonds is 6. The molecule has 0 aliphatic heterocycles. The van der Waals surface area contributed by atoms with Gasteiger partial charge in [0, 0.05) is 5.56 Å². The Balaban J connectivity index is 3.31. The van der Waals surface area contributed by atoms with E-state index in [-0.39, 0.29) is 30.7 Å². The Labute approximate surface area is 150 Å². The summed E-state index contributed by atoms with van der Waals surface area (Å²) >= 11 is 3.33. The van der Waals surface area contributed by atoms with Crippen molar-refractivity contribution < 1.29 is 19.4 Å². The van der Waals surface area contributed by atoms with Gasteiger partial charge >= 0.3 is 5.97 Å². The van der Waals surface area contributed by atoms with Crippen LogP contribution in [0, 0.1) is 0 Å². The van der Waals surface area contributed by atoms with E-state index < -0.39 is 17.9 Å². The number of phenols is 1. The van der Waals surface area contributed by atoms with E-state index in [4.69, 9.17) is 10.5 Å². The Kier molecular flexibility index (Phi) is 7.23. The van der Waals surface area contributed by atoms with Crippen molar-refractivity contribution in [3.8, 4) is 5.75 Å². The fourth-order valence-electron chi connectivity index (χ4n) is 2.20. The summed E-state index contributed by atoms with van der Waals surface area (Å²) in [4.78, 5) is 23.6. The van der Waals surface area contributed by atoms with Gasteiger partial charge in [0.05, 0.1) is 30.1 Å². The van der Waals surface area contributed by atoms with Crippen molar-refractivity contribution in [1.29, 1.82) is 0 Å². The summed E-state index contributed by atoms with van der Waals surface area (Å²) in [6.07, 6.45) is -0.0901. The molecule has 0 aliphatic rings. The molecule has 0 bridgehead atoms. The highest BCUT2D eigenvalue weighted by Gasteiger charge is 2.25. The molecule has 1 aromatic rings. The van der Waals surface area contributed by atoms with Crippen molar-refractivity contribution in [3.63, 3.8) is 0 Å². The molecule has 0 spiro atoms. The van der Waals surface area contributed by atoms with E-state index in [0.717, 1.165) is 5.56 Å². The molecule has 7 heteroatoms. The van der Waals surface area contributed by atoms with Crippen molar-refractivity contribution in [3.05, 3.63) is 27.7 Å². The number of amides is 1. The first-order valence-corrected chi connectivity index (χ1v) is 8.57. The standard InChI is InChI=1S/C17H25BrN2O4/c1-5-24-15(22)8-13(20-14(21)9-19)11-6-10(17(2,3)4)7-12(18)16(11)23/h6-7,13,23H,5,8-9,19H2,1-4H3,(H,20,21)/t13-/m0/s1. The molecule has 0 aliphatic carbocycles. The summed E-state index contributed by atoms with van der Waals surface area (Å²) in [6.45, 7) is 7.85. The van der Waals surface area contributed by atoms with Crippen LogP contribution in [0.1, 0.15) is 51.3 Å².